The van der Waals surface area contributed by atoms with E-state index in [1.54, 1.807) is 0 Å². The Morgan fingerprint density at radius 1 is 1.35 bits per heavy atom. The van der Waals surface area contributed by atoms with Crippen LogP contribution in [0.25, 0.3) is 0 Å². The maximum atomic E-state index is 13.5. The summed E-state index contributed by atoms with van der Waals surface area (Å²) in [6.45, 7) is 1.53. The molecule has 0 radical (unpaired) electrons. The third kappa shape index (κ3) is 3.20. The molecule has 108 valence electrons. The van der Waals surface area contributed by atoms with Crippen molar-refractivity contribution in [3.05, 3.63) is 47.8 Å². The van der Waals surface area contributed by atoms with Gasteiger partial charge in [-0.2, -0.15) is 5.10 Å². The smallest absolute Gasteiger partial charge is 0.243 e. The summed E-state index contributed by atoms with van der Waals surface area (Å²) in [7, 11) is -3.75. The standard InChI is InChI=1S/C12H13F2N3O2S/c1-8(5-10-11(13)3-2-4-12(10)14)17-20(18,19)9-6-15-16-7-9/h2-4,6-8,17H,5H2,1H3,(H,15,16). The summed E-state index contributed by atoms with van der Waals surface area (Å²) in [6, 6.07) is 2.86. The molecule has 0 saturated heterocycles. The zero-order valence-electron chi connectivity index (χ0n) is 10.6. The van der Waals surface area contributed by atoms with Crippen molar-refractivity contribution in [1.29, 1.82) is 0 Å². The Morgan fingerprint density at radius 3 is 2.55 bits per heavy atom. The van der Waals surface area contributed by atoms with E-state index < -0.39 is 27.7 Å². The van der Waals surface area contributed by atoms with Crippen molar-refractivity contribution in [3.8, 4) is 0 Å². The molecule has 0 aliphatic carbocycles. The Labute approximate surface area is 115 Å². The number of benzene rings is 1. The Morgan fingerprint density at radius 2 is 2.00 bits per heavy atom. The Bertz CT molecular complexity index is 666. The van der Waals surface area contributed by atoms with Gasteiger partial charge in [-0.15, -0.1) is 0 Å². The van der Waals surface area contributed by atoms with Crippen LogP contribution in [-0.2, 0) is 16.4 Å². The number of hydrogen-bond acceptors (Lipinski definition) is 3. The minimum atomic E-state index is -3.75. The van der Waals surface area contributed by atoms with Crippen LogP contribution in [0, 0.1) is 11.6 Å². The first-order valence-electron chi connectivity index (χ1n) is 5.84. The van der Waals surface area contributed by atoms with E-state index in [0.29, 0.717) is 0 Å². The molecule has 0 aliphatic heterocycles. The highest BCUT2D eigenvalue weighted by Crippen LogP contribution is 2.15. The zero-order valence-corrected chi connectivity index (χ0v) is 11.4. The second-order valence-corrected chi connectivity index (χ2v) is 6.07. The molecular weight excluding hydrogens is 288 g/mol. The highest BCUT2D eigenvalue weighted by molar-refractivity contribution is 7.89. The normalized spacial score (nSPS) is 13.3. The van der Waals surface area contributed by atoms with Crippen LogP contribution in [0.2, 0.25) is 0 Å². The van der Waals surface area contributed by atoms with Crippen LogP contribution in [0.15, 0.2) is 35.5 Å². The van der Waals surface area contributed by atoms with Crippen LogP contribution in [-0.4, -0.2) is 24.7 Å². The maximum Gasteiger partial charge on any atom is 0.243 e. The van der Waals surface area contributed by atoms with Gasteiger partial charge in [-0.1, -0.05) is 6.07 Å². The molecule has 1 unspecified atom stereocenters. The van der Waals surface area contributed by atoms with Gasteiger partial charge in [0.15, 0.2) is 0 Å². The number of aromatic nitrogens is 2. The number of rotatable bonds is 5. The molecule has 0 aliphatic rings. The average molecular weight is 301 g/mol. The Hall–Kier alpha value is -1.80. The van der Waals surface area contributed by atoms with Crippen molar-refractivity contribution in [2.75, 3.05) is 0 Å². The van der Waals surface area contributed by atoms with Crippen molar-refractivity contribution < 1.29 is 17.2 Å². The van der Waals surface area contributed by atoms with Crippen molar-refractivity contribution in [3.63, 3.8) is 0 Å². The number of nitrogens with one attached hydrogen (secondary N) is 2. The summed E-state index contributed by atoms with van der Waals surface area (Å²) < 4.78 is 53.1. The molecule has 0 spiro atoms. The van der Waals surface area contributed by atoms with Crippen LogP contribution in [0.5, 0.6) is 0 Å². The minimum Gasteiger partial charge on any atom is -0.284 e. The van der Waals surface area contributed by atoms with Gasteiger partial charge in [-0.3, -0.25) is 5.10 Å². The summed E-state index contributed by atoms with van der Waals surface area (Å²) >= 11 is 0. The highest BCUT2D eigenvalue weighted by atomic mass is 32.2. The monoisotopic (exact) mass is 301 g/mol. The number of sulfonamides is 1. The molecule has 2 N–H and O–H groups in total. The molecule has 1 aromatic carbocycles. The van der Waals surface area contributed by atoms with Crippen LogP contribution < -0.4 is 4.72 Å². The lowest BCUT2D eigenvalue weighted by atomic mass is 10.1. The fraction of sp³-hybridized carbons (Fsp3) is 0.250. The van der Waals surface area contributed by atoms with E-state index in [0.717, 1.165) is 18.3 Å². The molecule has 0 saturated carbocycles. The van der Waals surface area contributed by atoms with E-state index in [9.17, 15) is 17.2 Å². The fourth-order valence-corrected chi connectivity index (χ4v) is 2.94. The Balaban J connectivity index is 2.12. The lowest BCUT2D eigenvalue weighted by Gasteiger charge is -2.14. The van der Waals surface area contributed by atoms with E-state index in [1.165, 1.54) is 19.2 Å². The van der Waals surface area contributed by atoms with Crippen molar-refractivity contribution >= 4 is 10.0 Å². The first-order valence-corrected chi connectivity index (χ1v) is 7.32. The Kier molecular flexibility index (Phi) is 4.15. The lowest BCUT2D eigenvalue weighted by Crippen LogP contribution is -2.34. The number of H-pyrrole nitrogens is 1. The van der Waals surface area contributed by atoms with Gasteiger partial charge in [0.1, 0.15) is 16.5 Å². The second-order valence-electron chi connectivity index (χ2n) is 4.36. The average Bonchev–Trinajstić information content (AvgIpc) is 2.88. The van der Waals surface area contributed by atoms with Gasteiger partial charge in [-0.05, 0) is 25.5 Å². The third-order valence-electron chi connectivity index (χ3n) is 2.71. The van der Waals surface area contributed by atoms with Gasteiger partial charge in [0, 0.05) is 17.8 Å². The largest absolute Gasteiger partial charge is 0.284 e. The second kappa shape index (κ2) is 5.68. The van der Waals surface area contributed by atoms with Gasteiger partial charge in [-0.25, -0.2) is 21.9 Å². The molecule has 1 atom stereocenters. The molecule has 20 heavy (non-hydrogen) atoms. The number of halogens is 2. The summed E-state index contributed by atoms with van der Waals surface area (Å²) in [5.74, 6) is -1.39. The molecule has 2 aromatic rings. The SMILES string of the molecule is CC(Cc1c(F)cccc1F)NS(=O)(=O)c1cn[nH]c1. The molecular formula is C12H13F2N3O2S. The fourth-order valence-electron chi connectivity index (χ4n) is 1.79. The van der Waals surface area contributed by atoms with Crippen molar-refractivity contribution in [1.82, 2.24) is 14.9 Å². The maximum absolute atomic E-state index is 13.5. The van der Waals surface area contributed by atoms with E-state index in [-0.39, 0.29) is 16.9 Å². The number of hydrogen-bond donors (Lipinski definition) is 2. The minimum absolute atomic E-state index is 0.0293. The van der Waals surface area contributed by atoms with Gasteiger partial charge < -0.3 is 0 Å². The van der Waals surface area contributed by atoms with Crippen LogP contribution in [0.1, 0.15) is 12.5 Å². The molecule has 1 heterocycles. The highest BCUT2D eigenvalue weighted by Gasteiger charge is 2.20. The van der Waals surface area contributed by atoms with Crippen molar-refractivity contribution in [2.45, 2.75) is 24.3 Å². The summed E-state index contributed by atoms with van der Waals surface area (Å²) in [5.41, 5.74) is -0.144. The first-order chi connectivity index (χ1) is 9.40. The molecule has 0 amide bonds. The topological polar surface area (TPSA) is 74.8 Å². The predicted octanol–water partition coefficient (Wildman–Crippen LogP) is 1.60. The molecule has 1 aromatic heterocycles. The number of nitrogens with zero attached hydrogens (tertiary/aromatic N) is 1. The van der Waals surface area contributed by atoms with Crippen molar-refractivity contribution in [2.24, 2.45) is 0 Å². The summed E-state index contributed by atoms with van der Waals surface area (Å²) in [4.78, 5) is -0.0293. The summed E-state index contributed by atoms with van der Waals surface area (Å²) in [5, 5.41) is 5.93. The molecule has 8 heteroatoms. The molecule has 5 nitrogen and oxygen atoms in total. The summed E-state index contributed by atoms with van der Waals surface area (Å²) in [6.07, 6.45) is 2.28. The molecule has 2 rings (SSSR count). The van der Waals surface area contributed by atoms with Gasteiger partial charge in [0.05, 0.1) is 6.20 Å². The van der Waals surface area contributed by atoms with E-state index in [1.807, 2.05) is 0 Å². The van der Waals surface area contributed by atoms with Crippen LogP contribution in [0.3, 0.4) is 0 Å². The van der Waals surface area contributed by atoms with Crippen LogP contribution in [0.4, 0.5) is 8.78 Å². The third-order valence-corrected chi connectivity index (χ3v) is 4.27. The van der Waals surface area contributed by atoms with Crippen LogP contribution >= 0.6 is 0 Å². The quantitative estimate of drug-likeness (QED) is 0.881. The zero-order chi connectivity index (χ0) is 14.8. The van der Waals surface area contributed by atoms with E-state index in [4.69, 9.17) is 0 Å². The van der Waals surface area contributed by atoms with E-state index in [2.05, 4.69) is 14.9 Å². The molecule has 0 fully saturated rings. The number of aromatic amines is 1. The first kappa shape index (κ1) is 14.6. The van der Waals surface area contributed by atoms with Gasteiger partial charge >= 0.3 is 0 Å². The van der Waals surface area contributed by atoms with E-state index >= 15 is 0 Å². The predicted molar refractivity (Wildman–Crippen MR) is 68.4 cm³/mol. The molecule has 0 bridgehead atoms. The van der Waals surface area contributed by atoms with Gasteiger partial charge in [0.25, 0.3) is 0 Å². The van der Waals surface area contributed by atoms with Gasteiger partial charge in [0.2, 0.25) is 10.0 Å². The lowest BCUT2D eigenvalue weighted by molar-refractivity contribution is 0.523.